The average molecular weight is 572 g/mol. The summed E-state index contributed by atoms with van der Waals surface area (Å²) < 4.78 is 5.81. The molecule has 0 bridgehead atoms. The van der Waals surface area contributed by atoms with Crippen molar-refractivity contribution in [2.24, 2.45) is 4.99 Å². The lowest BCUT2D eigenvalue weighted by molar-refractivity contribution is -0.113. The molecule has 0 radical (unpaired) electrons. The summed E-state index contributed by atoms with van der Waals surface area (Å²) in [6.45, 7) is 8.12. The largest absolute Gasteiger partial charge is 0.423 e. The average Bonchev–Trinajstić information content (AvgIpc) is 3.32. The number of nitrogens with one attached hydrogen (secondary N) is 3. The molecule has 0 saturated carbocycles. The van der Waals surface area contributed by atoms with Crippen molar-refractivity contribution in [3.05, 3.63) is 105 Å². The van der Waals surface area contributed by atoms with Gasteiger partial charge in [0.15, 0.2) is 5.58 Å². The van der Waals surface area contributed by atoms with Crippen LogP contribution >= 0.6 is 23.4 Å². The van der Waals surface area contributed by atoms with Gasteiger partial charge in [-0.1, -0.05) is 66.7 Å². The third-order valence-corrected chi connectivity index (χ3v) is 7.91. The number of thioether (sulfide) groups is 1. The number of anilines is 2. The number of aliphatic imine (C=N–C) groups is 1. The molecule has 1 aliphatic rings. The van der Waals surface area contributed by atoms with Crippen molar-refractivity contribution in [2.45, 2.75) is 45.1 Å². The Morgan fingerprint density at radius 2 is 1.90 bits per heavy atom. The van der Waals surface area contributed by atoms with Crippen LogP contribution in [0.5, 0.6) is 0 Å². The normalized spacial score (nSPS) is 15.6. The zero-order chi connectivity index (χ0) is 28.2. The Hall–Kier alpha value is -4.01. The van der Waals surface area contributed by atoms with Gasteiger partial charge in [0.05, 0.1) is 5.57 Å². The van der Waals surface area contributed by atoms with Crippen LogP contribution in [0.25, 0.3) is 11.1 Å². The zero-order valence-electron chi connectivity index (χ0n) is 22.7. The first-order valence-corrected chi connectivity index (χ1v) is 14.2. The number of aryl methyl sites for hydroxylation is 1. The van der Waals surface area contributed by atoms with E-state index in [2.05, 4.69) is 40.9 Å². The van der Waals surface area contributed by atoms with Gasteiger partial charge in [-0.25, -0.2) is 4.99 Å². The lowest BCUT2D eigenvalue weighted by Crippen LogP contribution is -2.37. The number of fused-ring (bicyclic) bond motifs is 1. The highest BCUT2D eigenvalue weighted by Crippen LogP contribution is 2.36. The minimum absolute atomic E-state index is 0.263. The van der Waals surface area contributed by atoms with Crippen LogP contribution in [0.2, 0.25) is 5.02 Å². The summed E-state index contributed by atoms with van der Waals surface area (Å²) >= 11 is 8.33. The van der Waals surface area contributed by atoms with E-state index in [4.69, 9.17) is 21.0 Å². The maximum Gasteiger partial charge on any atom is 0.302 e. The van der Waals surface area contributed by atoms with Crippen molar-refractivity contribution in [2.75, 3.05) is 10.6 Å². The molecule has 9 heteroatoms. The Kier molecular flexibility index (Phi) is 8.28. The van der Waals surface area contributed by atoms with Crippen LogP contribution in [0.3, 0.4) is 0 Å². The van der Waals surface area contributed by atoms with Gasteiger partial charge >= 0.3 is 6.01 Å². The molecule has 3 aromatic carbocycles. The molecule has 40 heavy (non-hydrogen) atoms. The molecule has 2 heterocycles. The Bertz CT molecular complexity index is 1640. The number of allylic oxidation sites excluding steroid dienone is 3. The summed E-state index contributed by atoms with van der Waals surface area (Å²) in [4.78, 5) is 25.4. The fraction of sp³-hybridized carbons (Fsp3) is 0.194. The van der Waals surface area contributed by atoms with Crippen LogP contribution in [-0.2, 0) is 4.79 Å². The number of carbonyl (C=O) groups excluding carboxylic acids is 1. The quantitative estimate of drug-likeness (QED) is 0.194. The second kappa shape index (κ2) is 12.0. The molecule has 1 unspecified atom stereocenters. The van der Waals surface area contributed by atoms with Gasteiger partial charge in [0.1, 0.15) is 11.6 Å². The number of hydrogen-bond acceptors (Lipinski definition) is 7. The highest BCUT2D eigenvalue weighted by Gasteiger charge is 2.31. The van der Waals surface area contributed by atoms with Gasteiger partial charge in [-0.15, -0.1) is 0 Å². The van der Waals surface area contributed by atoms with Gasteiger partial charge < -0.3 is 15.1 Å². The molecule has 5 rings (SSSR count). The first-order chi connectivity index (χ1) is 19.3. The van der Waals surface area contributed by atoms with Gasteiger partial charge in [-0.2, -0.15) is 4.98 Å². The van der Waals surface area contributed by atoms with E-state index in [0.717, 1.165) is 22.4 Å². The summed E-state index contributed by atoms with van der Waals surface area (Å²) in [5.41, 5.74) is 5.01. The van der Waals surface area contributed by atoms with Gasteiger partial charge in [0.2, 0.25) is 5.96 Å². The fourth-order valence-electron chi connectivity index (χ4n) is 4.53. The number of hydrogen-bond donors (Lipinski definition) is 3. The number of guanidine groups is 1. The van der Waals surface area contributed by atoms with E-state index in [1.807, 2.05) is 74.5 Å². The highest BCUT2D eigenvalue weighted by atomic mass is 35.5. The highest BCUT2D eigenvalue weighted by molar-refractivity contribution is 8.03. The van der Waals surface area contributed by atoms with Gasteiger partial charge in [0, 0.05) is 26.9 Å². The first-order valence-electron chi connectivity index (χ1n) is 13.0. The number of oxazole rings is 1. The summed E-state index contributed by atoms with van der Waals surface area (Å²) in [7, 11) is 0. The van der Waals surface area contributed by atoms with E-state index in [1.165, 1.54) is 4.91 Å². The fourth-order valence-corrected chi connectivity index (χ4v) is 5.72. The van der Waals surface area contributed by atoms with Gasteiger partial charge in [0.25, 0.3) is 5.91 Å². The zero-order valence-corrected chi connectivity index (χ0v) is 24.3. The maximum atomic E-state index is 13.7. The van der Waals surface area contributed by atoms with E-state index in [1.54, 1.807) is 17.8 Å². The number of benzene rings is 3. The number of halogens is 1. The summed E-state index contributed by atoms with van der Waals surface area (Å²) in [5, 5.41) is 9.90. The van der Waals surface area contributed by atoms with Crippen molar-refractivity contribution < 1.29 is 9.21 Å². The van der Waals surface area contributed by atoms with Gasteiger partial charge in [-0.05, 0) is 74.1 Å². The van der Waals surface area contributed by atoms with Crippen molar-refractivity contribution in [1.29, 1.82) is 0 Å². The molecule has 1 amide bonds. The van der Waals surface area contributed by atoms with Crippen molar-refractivity contribution in [1.82, 2.24) is 10.3 Å². The molecule has 7 nitrogen and oxygen atoms in total. The first kappa shape index (κ1) is 27.6. The smallest absolute Gasteiger partial charge is 0.302 e. The molecular formula is C31H30ClN5O2S. The second-order valence-electron chi connectivity index (χ2n) is 9.44. The Balaban J connectivity index is 1.42. The maximum absolute atomic E-state index is 13.7. The molecule has 1 aliphatic heterocycles. The van der Waals surface area contributed by atoms with Crippen molar-refractivity contribution >= 4 is 58.0 Å². The van der Waals surface area contributed by atoms with Crippen LogP contribution in [0.1, 0.15) is 44.4 Å². The lowest BCUT2D eigenvalue weighted by atomic mass is 9.95. The minimum atomic E-state index is -0.653. The standard InChI is InChI=1S/C31H30ClN5O2S/c1-5-10-19(3)40-26-16-15-21(17-18(26)2)34-29(38)27-20(4)33-30(36-28(27)22-11-6-7-12-23(22)32)37-31-35-24-13-8-9-14-25(24)39-31/h6-17,28H,5H2,1-4H3,(H,34,38)(H2,33,35,36,37)/b19-10+. The minimum Gasteiger partial charge on any atom is -0.423 e. The van der Waals surface area contributed by atoms with Gasteiger partial charge in [-0.3, -0.25) is 10.1 Å². The number of nitrogens with zero attached hydrogens (tertiary/aromatic N) is 2. The summed E-state index contributed by atoms with van der Waals surface area (Å²) in [5.74, 6) is 0.139. The van der Waals surface area contributed by atoms with Crippen LogP contribution < -0.4 is 16.0 Å². The number of aromatic nitrogens is 1. The van der Waals surface area contributed by atoms with E-state index in [9.17, 15) is 4.79 Å². The van der Waals surface area contributed by atoms with Crippen molar-refractivity contribution in [3.63, 3.8) is 0 Å². The van der Waals surface area contributed by atoms with Crippen LogP contribution in [0, 0.1) is 6.92 Å². The van der Waals surface area contributed by atoms with E-state index in [-0.39, 0.29) is 5.91 Å². The summed E-state index contributed by atoms with van der Waals surface area (Å²) in [6.07, 6.45) is 3.20. The molecule has 1 aromatic heterocycles. The molecule has 204 valence electrons. The number of amides is 1. The molecular weight excluding hydrogens is 542 g/mol. The molecule has 0 fully saturated rings. The molecule has 0 aliphatic carbocycles. The predicted octanol–water partition coefficient (Wildman–Crippen LogP) is 8.22. The van der Waals surface area contributed by atoms with Crippen LogP contribution in [0.15, 0.2) is 103 Å². The second-order valence-corrected chi connectivity index (χ2v) is 11.1. The predicted molar refractivity (Wildman–Crippen MR) is 165 cm³/mol. The molecule has 0 spiro atoms. The van der Waals surface area contributed by atoms with E-state index >= 15 is 0 Å². The molecule has 0 saturated heterocycles. The topological polar surface area (TPSA) is 91.6 Å². The monoisotopic (exact) mass is 571 g/mol. The van der Waals surface area contributed by atoms with Crippen molar-refractivity contribution in [3.8, 4) is 0 Å². The number of para-hydroxylation sites is 2. The Morgan fingerprint density at radius 1 is 1.12 bits per heavy atom. The van der Waals surface area contributed by atoms with Crippen LogP contribution in [-0.4, -0.2) is 16.9 Å². The third kappa shape index (κ3) is 6.08. The summed E-state index contributed by atoms with van der Waals surface area (Å²) in [6, 6.07) is 20.5. The number of rotatable bonds is 7. The van der Waals surface area contributed by atoms with Crippen LogP contribution in [0.4, 0.5) is 11.7 Å². The molecule has 4 aromatic rings. The molecule has 3 N–H and O–H groups in total. The SMILES string of the molecule is CC/C=C(\C)Sc1ccc(NC(=O)C2=C(C)NC(Nc3nc4ccccc4o3)=NC2c2ccccc2Cl)cc1C. The van der Waals surface area contributed by atoms with E-state index in [0.29, 0.717) is 45.1 Å². The third-order valence-electron chi connectivity index (χ3n) is 6.40. The lowest BCUT2D eigenvalue weighted by Gasteiger charge is -2.27. The number of carbonyl (C=O) groups is 1. The Labute approximate surface area is 242 Å². The Morgan fingerprint density at radius 3 is 2.65 bits per heavy atom. The van der Waals surface area contributed by atoms with E-state index < -0.39 is 6.04 Å². The molecule has 1 atom stereocenters.